The topological polar surface area (TPSA) is 73.7 Å². The van der Waals surface area contributed by atoms with Crippen molar-refractivity contribution in [1.82, 2.24) is 14.5 Å². The summed E-state index contributed by atoms with van der Waals surface area (Å²) < 4.78 is 13.7. The van der Waals surface area contributed by atoms with Crippen LogP contribution in [-0.2, 0) is 34.3 Å². The first-order valence-electron chi connectivity index (χ1n) is 13.8. The van der Waals surface area contributed by atoms with Gasteiger partial charge in [-0.25, -0.2) is 14.6 Å². The van der Waals surface area contributed by atoms with E-state index in [-0.39, 0.29) is 6.61 Å². The van der Waals surface area contributed by atoms with E-state index in [1.165, 1.54) is 6.42 Å². The van der Waals surface area contributed by atoms with E-state index in [2.05, 4.69) is 4.57 Å². The number of imidazole rings is 1. The van der Waals surface area contributed by atoms with Crippen molar-refractivity contribution < 1.29 is 19.1 Å². The number of nitrogens with zero attached hydrogens (tertiary/aromatic N) is 3. The molecule has 7 heteroatoms. The van der Waals surface area contributed by atoms with E-state index in [1.807, 2.05) is 82.4 Å². The summed E-state index contributed by atoms with van der Waals surface area (Å²) in [6.45, 7) is 6.21. The van der Waals surface area contributed by atoms with E-state index in [0.29, 0.717) is 25.3 Å². The highest BCUT2D eigenvalue weighted by atomic mass is 16.6. The lowest BCUT2D eigenvalue weighted by atomic mass is 9.88. The average molecular weight is 520 g/mol. The predicted molar refractivity (Wildman–Crippen MR) is 149 cm³/mol. The fourth-order valence-corrected chi connectivity index (χ4v) is 5.21. The van der Waals surface area contributed by atoms with E-state index in [9.17, 15) is 9.59 Å². The molecule has 0 N–H and O–H groups in total. The Bertz CT molecular complexity index is 1210. The largest absolute Gasteiger partial charge is 0.459 e. The van der Waals surface area contributed by atoms with Crippen molar-refractivity contribution in [2.75, 3.05) is 6.54 Å². The van der Waals surface area contributed by atoms with Crippen LogP contribution in [0.2, 0.25) is 0 Å². The van der Waals surface area contributed by atoms with Gasteiger partial charge in [0.25, 0.3) is 0 Å². The molecule has 3 aromatic rings. The molecule has 1 aliphatic carbocycles. The van der Waals surface area contributed by atoms with Gasteiger partial charge in [-0.15, -0.1) is 0 Å². The van der Waals surface area contributed by atoms with Crippen LogP contribution in [0.3, 0.4) is 0 Å². The first-order valence-corrected chi connectivity index (χ1v) is 13.8. The summed E-state index contributed by atoms with van der Waals surface area (Å²) in [7, 11) is 1.99. The van der Waals surface area contributed by atoms with Crippen molar-refractivity contribution in [3.05, 3.63) is 66.0 Å². The van der Waals surface area contributed by atoms with Crippen LogP contribution < -0.4 is 0 Å². The maximum atomic E-state index is 13.6. The first-order chi connectivity index (χ1) is 18.2. The third kappa shape index (κ3) is 7.36. The fourth-order valence-electron chi connectivity index (χ4n) is 5.21. The van der Waals surface area contributed by atoms with Gasteiger partial charge in [0.2, 0.25) is 0 Å². The lowest BCUT2D eigenvalue weighted by Crippen LogP contribution is -2.50. The van der Waals surface area contributed by atoms with Crippen molar-refractivity contribution in [2.24, 2.45) is 13.0 Å². The second-order valence-electron chi connectivity index (χ2n) is 11.4. The SMILES string of the molecule is Cn1c(CCC(C(=O)OCc2ccccc2)N(CC2CCCCC2)C(=O)OC(C)(C)C)nc2ccccc21. The van der Waals surface area contributed by atoms with Gasteiger partial charge in [0.1, 0.15) is 24.1 Å². The van der Waals surface area contributed by atoms with Gasteiger partial charge in [0.05, 0.1) is 11.0 Å². The summed E-state index contributed by atoms with van der Waals surface area (Å²) in [5.74, 6) is 0.805. The molecule has 2 aromatic carbocycles. The zero-order valence-electron chi connectivity index (χ0n) is 23.2. The molecule has 4 rings (SSSR count). The number of fused-ring (bicyclic) bond motifs is 1. The molecular formula is C31H41N3O4. The van der Waals surface area contributed by atoms with Gasteiger partial charge < -0.3 is 14.0 Å². The van der Waals surface area contributed by atoms with Gasteiger partial charge in [-0.05, 0) is 63.6 Å². The van der Waals surface area contributed by atoms with Gasteiger partial charge >= 0.3 is 12.1 Å². The zero-order valence-corrected chi connectivity index (χ0v) is 23.2. The molecule has 0 radical (unpaired) electrons. The molecule has 0 spiro atoms. The maximum Gasteiger partial charge on any atom is 0.411 e. The Morgan fingerprint density at radius 1 is 1.03 bits per heavy atom. The van der Waals surface area contributed by atoms with E-state index in [1.54, 1.807) is 4.90 Å². The summed E-state index contributed by atoms with van der Waals surface area (Å²) in [6, 6.07) is 16.8. The average Bonchev–Trinajstić information content (AvgIpc) is 3.22. The normalized spacial score (nSPS) is 15.3. The number of hydrogen-bond donors (Lipinski definition) is 0. The van der Waals surface area contributed by atoms with E-state index in [0.717, 1.165) is 48.1 Å². The van der Waals surface area contributed by atoms with Gasteiger partial charge in [-0.3, -0.25) is 4.90 Å². The number of rotatable bonds is 9. The summed E-state index contributed by atoms with van der Waals surface area (Å²) in [5.41, 5.74) is 2.19. The Morgan fingerprint density at radius 2 is 1.71 bits per heavy atom. The number of carbonyl (C=O) groups excluding carboxylic acids is 2. The molecule has 38 heavy (non-hydrogen) atoms. The minimum atomic E-state index is -0.768. The monoisotopic (exact) mass is 519 g/mol. The van der Waals surface area contributed by atoms with Crippen molar-refractivity contribution >= 4 is 23.1 Å². The van der Waals surface area contributed by atoms with Gasteiger partial charge in [-0.1, -0.05) is 61.7 Å². The van der Waals surface area contributed by atoms with Crippen molar-refractivity contribution in [3.8, 4) is 0 Å². The molecule has 1 amide bonds. The number of benzene rings is 2. The molecule has 1 saturated carbocycles. The van der Waals surface area contributed by atoms with Crippen molar-refractivity contribution in [2.45, 2.75) is 84.0 Å². The van der Waals surface area contributed by atoms with Crippen LogP contribution in [0, 0.1) is 5.92 Å². The number of para-hydroxylation sites is 2. The van der Waals surface area contributed by atoms with Crippen LogP contribution in [0.15, 0.2) is 54.6 Å². The number of aryl methyl sites for hydroxylation is 2. The minimum absolute atomic E-state index is 0.161. The molecular weight excluding hydrogens is 478 g/mol. The molecule has 0 bridgehead atoms. The van der Waals surface area contributed by atoms with E-state index < -0.39 is 23.7 Å². The van der Waals surface area contributed by atoms with Crippen LogP contribution in [0.1, 0.15) is 70.7 Å². The van der Waals surface area contributed by atoms with Crippen LogP contribution in [0.5, 0.6) is 0 Å². The van der Waals surface area contributed by atoms with Crippen LogP contribution in [0.25, 0.3) is 11.0 Å². The fraction of sp³-hybridized carbons (Fsp3) is 0.516. The molecule has 1 fully saturated rings. The highest BCUT2D eigenvalue weighted by Crippen LogP contribution is 2.27. The third-order valence-corrected chi connectivity index (χ3v) is 7.20. The number of esters is 1. The maximum absolute atomic E-state index is 13.6. The Balaban J connectivity index is 1.59. The third-order valence-electron chi connectivity index (χ3n) is 7.20. The number of aromatic nitrogens is 2. The molecule has 7 nitrogen and oxygen atoms in total. The van der Waals surface area contributed by atoms with E-state index in [4.69, 9.17) is 14.5 Å². The molecule has 1 heterocycles. The highest BCUT2D eigenvalue weighted by molar-refractivity contribution is 5.82. The quantitative estimate of drug-likeness (QED) is 0.304. The highest BCUT2D eigenvalue weighted by Gasteiger charge is 2.36. The van der Waals surface area contributed by atoms with Crippen molar-refractivity contribution in [1.29, 1.82) is 0 Å². The number of amides is 1. The Morgan fingerprint density at radius 3 is 2.39 bits per heavy atom. The zero-order chi connectivity index (χ0) is 27.1. The minimum Gasteiger partial charge on any atom is -0.459 e. The summed E-state index contributed by atoms with van der Waals surface area (Å²) >= 11 is 0. The van der Waals surface area contributed by atoms with Gasteiger partial charge in [0.15, 0.2) is 0 Å². The molecule has 1 aliphatic rings. The molecule has 1 unspecified atom stereocenters. The standard InChI is InChI=1S/C31H41N3O4/c1-31(2,3)38-30(36)34(21-23-13-7-5-8-14-23)27(29(35)37-22-24-15-9-6-10-16-24)19-20-28-32-25-17-11-12-18-26(25)33(28)4/h6,9-12,15-18,23,27H,5,7-8,13-14,19-22H2,1-4H3. The van der Waals surface area contributed by atoms with E-state index >= 15 is 0 Å². The lowest BCUT2D eigenvalue weighted by Gasteiger charge is -2.35. The van der Waals surface area contributed by atoms with Crippen LogP contribution in [0.4, 0.5) is 4.79 Å². The first kappa shape index (κ1) is 27.7. The second kappa shape index (κ2) is 12.5. The molecule has 1 aromatic heterocycles. The van der Waals surface area contributed by atoms with Crippen LogP contribution in [-0.4, -0.2) is 44.7 Å². The Labute approximate surface area is 226 Å². The lowest BCUT2D eigenvalue weighted by molar-refractivity contribution is -0.152. The smallest absolute Gasteiger partial charge is 0.411 e. The number of carbonyl (C=O) groups is 2. The Hall–Kier alpha value is -3.35. The summed E-state index contributed by atoms with van der Waals surface area (Å²) in [5, 5.41) is 0. The number of hydrogen-bond acceptors (Lipinski definition) is 5. The Kier molecular flexibility index (Phi) is 9.08. The summed E-state index contributed by atoms with van der Waals surface area (Å²) in [6.07, 6.45) is 6.08. The molecule has 204 valence electrons. The number of ether oxygens (including phenoxy) is 2. The molecule has 0 aliphatic heterocycles. The van der Waals surface area contributed by atoms with Gasteiger partial charge in [0, 0.05) is 20.0 Å². The predicted octanol–water partition coefficient (Wildman–Crippen LogP) is 6.44. The van der Waals surface area contributed by atoms with Crippen LogP contribution >= 0.6 is 0 Å². The molecule has 1 atom stereocenters. The second-order valence-corrected chi connectivity index (χ2v) is 11.4. The van der Waals surface area contributed by atoms with Crippen molar-refractivity contribution in [3.63, 3.8) is 0 Å². The summed E-state index contributed by atoms with van der Waals surface area (Å²) in [4.78, 5) is 33.6. The van der Waals surface area contributed by atoms with Gasteiger partial charge in [-0.2, -0.15) is 0 Å². The molecule has 0 saturated heterocycles.